The van der Waals surface area contributed by atoms with E-state index in [2.05, 4.69) is 4.90 Å². The maximum atomic E-state index is 9.17. The van der Waals surface area contributed by atoms with Crippen molar-refractivity contribution in [2.75, 3.05) is 26.8 Å². The van der Waals surface area contributed by atoms with Gasteiger partial charge in [-0.05, 0) is 26.2 Å². The van der Waals surface area contributed by atoms with Crippen LogP contribution in [-0.2, 0) is 4.74 Å². The van der Waals surface area contributed by atoms with E-state index in [1.54, 1.807) is 7.11 Å². The Morgan fingerprint density at radius 3 is 2.62 bits per heavy atom. The van der Waals surface area contributed by atoms with E-state index in [1.165, 1.54) is 12.8 Å². The predicted octanol–water partition coefficient (Wildman–Crippen LogP) is 0.868. The number of methoxy groups -OCH3 is 1. The van der Waals surface area contributed by atoms with Crippen molar-refractivity contribution < 1.29 is 9.84 Å². The summed E-state index contributed by atoms with van der Waals surface area (Å²) < 4.78 is 5.05. The number of hydrogen-bond acceptors (Lipinski definition) is 3. The first kappa shape index (κ1) is 11.0. The summed E-state index contributed by atoms with van der Waals surface area (Å²) in [5.74, 6) is 0. The second-order valence-corrected chi connectivity index (χ2v) is 3.90. The van der Waals surface area contributed by atoms with Gasteiger partial charge in [0, 0.05) is 26.2 Å². The van der Waals surface area contributed by atoms with Crippen LogP contribution in [0.4, 0.5) is 0 Å². The van der Waals surface area contributed by atoms with Gasteiger partial charge in [-0.2, -0.15) is 0 Å². The second-order valence-electron chi connectivity index (χ2n) is 3.90. The molecule has 13 heavy (non-hydrogen) atoms. The molecule has 1 aliphatic rings. The van der Waals surface area contributed by atoms with Gasteiger partial charge in [0.15, 0.2) is 0 Å². The van der Waals surface area contributed by atoms with E-state index in [1.807, 2.05) is 6.92 Å². The molecule has 0 heterocycles. The van der Waals surface area contributed by atoms with E-state index in [4.69, 9.17) is 4.74 Å². The van der Waals surface area contributed by atoms with E-state index < -0.39 is 0 Å². The lowest BCUT2D eigenvalue weighted by Crippen LogP contribution is -2.32. The van der Waals surface area contributed by atoms with Gasteiger partial charge in [0.25, 0.3) is 0 Å². The fourth-order valence-corrected chi connectivity index (χ4v) is 1.48. The van der Waals surface area contributed by atoms with Crippen molar-refractivity contribution in [3.63, 3.8) is 0 Å². The van der Waals surface area contributed by atoms with Crippen LogP contribution in [-0.4, -0.2) is 49.0 Å². The number of aliphatic hydroxyl groups excluding tert-OH is 1. The summed E-state index contributed by atoms with van der Waals surface area (Å²) in [7, 11) is 1.74. The molecule has 1 N–H and O–H groups in total. The Labute approximate surface area is 80.7 Å². The standard InChI is InChI=1S/C10H21NO2/c1-9(12)5-6-11(7-8-13-2)10-3-4-10/h9-10,12H,3-8H2,1-2H3. The van der Waals surface area contributed by atoms with Crippen LogP contribution < -0.4 is 0 Å². The van der Waals surface area contributed by atoms with Crippen LogP contribution in [0.5, 0.6) is 0 Å². The van der Waals surface area contributed by atoms with E-state index in [-0.39, 0.29) is 6.10 Å². The third-order valence-electron chi connectivity index (χ3n) is 2.48. The molecule has 0 saturated heterocycles. The molecule has 0 amide bonds. The summed E-state index contributed by atoms with van der Waals surface area (Å²) >= 11 is 0. The molecule has 0 aliphatic heterocycles. The van der Waals surface area contributed by atoms with Crippen LogP contribution in [0.3, 0.4) is 0 Å². The van der Waals surface area contributed by atoms with Gasteiger partial charge in [0.2, 0.25) is 0 Å². The van der Waals surface area contributed by atoms with Crippen molar-refractivity contribution in [2.24, 2.45) is 0 Å². The van der Waals surface area contributed by atoms with Gasteiger partial charge in [0.05, 0.1) is 12.7 Å². The van der Waals surface area contributed by atoms with E-state index in [0.29, 0.717) is 0 Å². The first-order chi connectivity index (χ1) is 6.24. The Hall–Kier alpha value is -0.120. The van der Waals surface area contributed by atoms with Crippen molar-refractivity contribution >= 4 is 0 Å². The van der Waals surface area contributed by atoms with Gasteiger partial charge in [-0.25, -0.2) is 0 Å². The van der Waals surface area contributed by atoms with Crippen LogP contribution >= 0.6 is 0 Å². The van der Waals surface area contributed by atoms with Crippen molar-refractivity contribution in [2.45, 2.75) is 38.3 Å². The molecule has 1 saturated carbocycles. The number of hydrogen-bond donors (Lipinski definition) is 1. The molecule has 0 radical (unpaired) electrons. The average molecular weight is 187 g/mol. The molecule has 0 aromatic carbocycles. The van der Waals surface area contributed by atoms with Crippen molar-refractivity contribution in [1.29, 1.82) is 0 Å². The molecule has 3 nitrogen and oxygen atoms in total. The van der Waals surface area contributed by atoms with Crippen LogP contribution in [0, 0.1) is 0 Å². The van der Waals surface area contributed by atoms with Gasteiger partial charge >= 0.3 is 0 Å². The predicted molar refractivity (Wildman–Crippen MR) is 52.8 cm³/mol. The highest BCUT2D eigenvalue weighted by atomic mass is 16.5. The lowest BCUT2D eigenvalue weighted by Gasteiger charge is -2.21. The fourth-order valence-electron chi connectivity index (χ4n) is 1.48. The summed E-state index contributed by atoms with van der Waals surface area (Å²) in [5, 5.41) is 9.17. The molecular formula is C10H21NO2. The number of ether oxygens (including phenoxy) is 1. The first-order valence-electron chi connectivity index (χ1n) is 5.15. The minimum Gasteiger partial charge on any atom is -0.393 e. The average Bonchev–Trinajstić information content (AvgIpc) is 2.87. The Morgan fingerprint density at radius 2 is 2.15 bits per heavy atom. The summed E-state index contributed by atoms with van der Waals surface area (Å²) in [4.78, 5) is 2.43. The minimum atomic E-state index is -0.177. The molecule has 1 unspecified atom stereocenters. The second kappa shape index (κ2) is 5.58. The van der Waals surface area contributed by atoms with Gasteiger partial charge in [0.1, 0.15) is 0 Å². The third-order valence-corrected chi connectivity index (χ3v) is 2.48. The summed E-state index contributed by atoms with van der Waals surface area (Å²) in [6.07, 6.45) is 3.34. The Bertz CT molecular complexity index is 135. The molecule has 1 aliphatic carbocycles. The molecule has 0 aromatic heterocycles. The van der Waals surface area contributed by atoms with Crippen LogP contribution in [0.1, 0.15) is 26.2 Å². The molecule has 1 rings (SSSR count). The van der Waals surface area contributed by atoms with Gasteiger partial charge in [-0.15, -0.1) is 0 Å². The SMILES string of the molecule is COCCN(CCC(C)O)C1CC1. The maximum Gasteiger partial charge on any atom is 0.0589 e. The molecule has 1 fully saturated rings. The van der Waals surface area contributed by atoms with Crippen LogP contribution in [0.25, 0.3) is 0 Å². The van der Waals surface area contributed by atoms with Crippen LogP contribution in [0.15, 0.2) is 0 Å². The summed E-state index contributed by atoms with van der Waals surface area (Å²) in [6, 6.07) is 0.772. The van der Waals surface area contributed by atoms with Gasteiger partial charge in [-0.1, -0.05) is 0 Å². The molecule has 3 heteroatoms. The Kier molecular flexibility index (Phi) is 4.70. The Morgan fingerprint density at radius 1 is 1.46 bits per heavy atom. The van der Waals surface area contributed by atoms with E-state index in [9.17, 15) is 5.11 Å². The highest BCUT2D eigenvalue weighted by molar-refractivity contribution is 4.84. The van der Waals surface area contributed by atoms with Crippen molar-refractivity contribution in [3.8, 4) is 0 Å². The highest BCUT2D eigenvalue weighted by Gasteiger charge is 2.28. The van der Waals surface area contributed by atoms with Gasteiger partial charge in [-0.3, -0.25) is 4.90 Å². The zero-order valence-electron chi connectivity index (χ0n) is 8.70. The largest absolute Gasteiger partial charge is 0.393 e. The first-order valence-corrected chi connectivity index (χ1v) is 5.15. The quantitative estimate of drug-likeness (QED) is 0.642. The molecule has 0 aromatic rings. The maximum absolute atomic E-state index is 9.17. The third kappa shape index (κ3) is 4.60. The van der Waals surface area contributed by atoms with E-state index in [0.717, 1.165) is 32.2 Å². The molecule has 1 atom stereocenters. The number of nitrogens with zero attached hydrogens (tertiary/aromatic N) is 1. The van der Waals surface area contributed by atoms with Crippen molar-refractivity contribution in [1.82, 2.24) is 4.90 Å². The zero-order valence-corrected chi connectivity index (χ0v) is 8.70. The normalized spacial score (nSPS) is 19.4. The van der Waals surface area contributed by atoms with Crippen LogP contribution in [0.2, 0.25) is 0 Å². The number of rotatable bonds is 7. The lowest BCUT2D eigenvalue weighted by atomic mass is 10.2. The zero-order chi connectivity index (χ0) is 9.68. The smallest absolute Gasteiger partial charge is 0.0589 e. The molecule has 78 valence electrons. The molecular weight excluding hydrogens is 166 g/mol. The minimum absolute atomic E-state index is 0.177. The summed E-state index contributed by atoms with van der Waals surface area (Å²) in [6.45, 7) is 4.66. The van der Waals surface area contributed by atoms with E-state index >= 15 is 0 Å². The molecule has 0 bridgehead atoms. The monoisotopic (exact) mass is 187 g/mol. The van der Waals surface area contributed by atoms with Crippen molar-refractivity contribution in [3.05, 3.63) is 0 Å². The van der Waals surface area contributed by atoms with Gasteiger partial charge < -0.3 is 9.84 Å². The highest BCUT2D eigenvalue weighted by Crippen LogP contribution is 2.26. The fraction of sp³-hybridized carbons (Fsp3) is 1.00. The number of aliphatic hydroxyl groups is 1. The topological polar surface area (TPSA) is 32.7 Å². The molecule has 0 spiro atoms. The summed E-state index contributed by atoms with van der Waals surface area (Å²) in [5.41, 5.74) is 0. The Balaban J connectivity index is 2.13. The lowest BCUT2D eigenvalue weighted by molar-refractivity contribution is 0.120.